The summed E-state index contributed by atoms with van der Waals surface area (Å²) < 4.78 is 5.29. The minimum Gasteiger partial charge on any atom is -0.497 e. The van der Waals surface area contributed by atoms with E-state index in [1.54, 1.807) is 7.11 Å². The predicted molar refractivity (Wildman–Crippen MR) is 100 cm³/mol. The number of hydrogen-bond donors (Lipinski definition) is 1. The third-order valence-corrected chi connectivity index (χ3v) is 6.26. The summed E-state index contributed by atoms with van der Waals surface area (Å²) in [4.78, 5) is 16.4. The molecule has 1 aromatic heterocycles. The minimum atomic E-state index is -0.662. The molecule has 1 unspecified atom stereocenters. The van der Waals surface area contributed by atoms with Gasteiger partial charge in [-0.1, -0.05) is 19.1 Å². The number of aryl methyl sites for hydroxylation is 1. The van der Waals surface area contributed by atoms with Gasteiger partial charge in [-0.05, 0) is 62.2 Å². The molecule has 0 amide bonds. The number of carboxylic acids is 1. The van der Waals surface area contributed by atoms with Crippen molar-refractivity contribution < 1.29 is 14.6 Å². The molecule has 1 fully saturated rings. The normalized spacial score (nSPS) is 17.4. The Hall–Kier alpha value is -1.85. The van der Waals surface area contributed by atoms with Crippen LogP contribution in [0.3, 0.4) is 0 Å². The van der Waals surface area contributed by atoms with Crippen LogP contribution in [0.5, 0.6) is 5.75 Å². The van der Waals surface area contributed by atoms with Crippen LogP contribution in [0.4, 0.5) is 0 Å². The molecule has 4 nitrogen and oxygen atoms in total. The largest absolute Gasteiger partial charge is 0.497 e. The Balaban J connectivity index is 1.87. The lowest BCUT2D eigenvalue weighted by atomic mass is 9.94. The number of thiophene rings is 1. The van der Waals surface area contributed by atoms with E-state index in [2.05, 4.69) is 36.1 Å². The summed E-state index contributed by atoms with van der Waals surface area (Å²) in [6, 6.07) is 12.9. The molecule has 1 atom stereocenters. The SMILES string of the molecule is CCc1ccc(C(c2ccc(OC)cc2)N2CCC(C(=O)O)CC2)s1. The zero-order chi connectivity index (χ0) is 17.8. The highest BCUT2D eigenvalue weighted by atomic mass is 32.1. The van der Waals surface area contributed by atoms with Gasteiger partial charge in [0.25, 0.3) is 0 Å². The summed E-state index contributed by atoms with van der Waals surface area (Å²) in [7, 11) is 1.68. The summed E-state index contributed by atoms with van der Waals surface area (Å²) in [5, 5.41) is 9.26. The number of carboxylic acid groups (broad SMARTS) is 1. The Morgan fingerprint density at radius 1 is 1.24 bits per heavy atom. The third kappa shape index (κ3) is 4.05. The summed E-state index contributed by atoms with van der Waals surface area (Å²) in [6.45, 7) is 3.80. The Labute approximate surface area is 153 Å². The van der Waals surface area contributed by atoms with E-state index in [9.17, 15) is 9.90 Å². The van der Waals surface area contributed by atoms with Gasteiger partial charge < -0.3 is 9.84 Å². The van der Waals surface area contributed by atoms with Crippen LogP contribution in [0.25, 0.3) is 0 Å². The maximum atomic E-state index is 11.3. The summed E-state index contributed by atoms with van der Waals surface area (Å²) >= 11 is 1.86. The number of aliphatic carboxylic acids is 1. The van der Waals surface area contributed by atoms with E-state index in [1.807, 2.05) is 23.5 Å². The Morgan fingerprint density at radius 2 is 1.92 bits per heavy atom. The van der Waals surface area contributed by atoms with Crippen LogP contribution in [-0.2, 0) is 11.2 Å². The van der Waals surface area contributed by atoms with E-state index in [-0.39, 0.29) is 12.0 Å². The molecule has 134 valence electrons. The monoisotopic (exact) mass is 359 g/mol. The van der Waals surface area contributed by atoms with Crippen molar-refractivity contribution in [3.63, 3.8) is 0 Å². The first kappa shape index (κ1) is 18.0. The zero-order valence-corrected chi connectivity index (χ0v) is 15.6. The van der Waals surface area contributed by atoms with Crippen molar-refractivity contribution >= 4 is 17.3 Å². The second-order valence-electron chi connectivity index (χ2n) is 6.48. The number of ether oxygens (including phenoxy) is 1. The molecule has 0 saturated carbocycles. The van der Waals surface area contributed by atoms with Gasteiger partial charge in [-0.25, -0.2) is 0 Å². The van der Waals surface area contributed by atoms with Gasteiger partial charge in [-0.15, -0.1) is 11.3 Å². The van der Waals surface area contributed by atoms with Crippen LogP contribution in [0.2, 0.25) is 0 Å². The van der Waals surface area contributed by atoms with E-state index < -0.39 is 5.97 Å². The second kappa shape index (κ2) is 8.02. The lowest BCUT2D eigenvalue weighted by molar-refractivity contribution is -0.143. The number of nitrogens with zero attached hydrogens (tertiary/aromatic N) is 1. The number of piperidine rings is 1. The van der Waals surface area contributed by atoms with Gasteiger partial charge in [0.15, 0.2) is 0 Å². The first-order chi connectivity index (χ1) is 12.1. The fraction of sp³-hybridized carbons (Fsp3) is 0.450. The van der Waals surface area contributed by atoms with Crippen molar-refractivity contribution in [3.8, 4) is 5.75 Å². The van der Waals surface area contributed by atoms with E-state index in [4.69, 9.17) is 4.74 Å². The molecule has 2 aromatic rings. The van der Waals surface area contributed by atoms with Crippen molar-refractivity contribution in [3.05, 3.63) is 51.7 Å². The number of likely N-dealkylation sites (tertiary alicyclic amines) is 1. The van der Waals surface area contributed by atoms with Crippen LogP contribution in [0.1, 0.15) is 41.1 Å². The molecule has 2 heterocycles. The zero-order valence-electron chi connectivity index (χ0n) is 14.8. The summed E-state index contributed by atoms with van der Waals surface area (Å²) in [5.74, 6) is -0.0140. The van der Waals surface area contributed by atoms with Crippen molar-refractivity contribution in [2.24, 2.45) is 5.92 Å². The molecule has 0 aliphatic carbocycles. The van der Waals surface area contributed by atoms with Gasteiger partial charge in [-0.3, -0.25) is 9.69 Å². The predicted octanol–water partition coefficient (Wildman–Crippen LogP) is 4.21. The van der Waals surface area contributed by atoms with Crippen molar-refractivity contribution in [1.29, 1.82) is 0 Å². The highest BCUT2D eigenvalue weighted by Crippen LogP contribution is 2.36. The van der Waals surface area contributed by atoms with Crippen molar-refractivity contribution in [1.82, 2.24) is 4.90 Å². The first-order valence-corrected chi connectivity index (χ1v) is 9.63. The maximum absolute atomic E-state index is 11.3. The number of benzene rings is 1. The number of rotatable bonds is 6. The number of carbonyl (C=O) groups is 1. The number of hydrogen-bond acceptors (Lipinski definition) is 4. The second-order valence-corrected chi connectivity index (χ2v) is 7.68. The van der Waals surface area contributed by atoms with Gasteiger partial charge in [0.2, 0.25) is 0 Å². The van der Waals surface area contributed by atoms with E-state index in [0.717, 1.165) is 25.3 Å². The standard InChI is InChI=1S/C20H25NO3S/c1-3-17-8-9-18(25-17)19(14-4-6-16(24-2)7-5-14)21-12-10-15(11-13-21)20(22)23/h4-9,15,19H,3,10-13H2,1-2H3,(H,22,23). The van der Waals surface area contributed by atoms with Gasteiger partial charge in [0.05, 0.1) is 19.1 Å². The smallest absolute Gasteiger partial charge is 0.306 e. The lowest BCUT2D eigenvalue weighted by Crippen LogP contribution is -2.39. The molecule has 1 aromatic carbocycles. The van der Waals surface area contributed by atoms with Gasteiger partial charge >= 0.3 is 5.97 Å². The average Bonchev–Trinajstić information content (AvgIpc) is 3.12. The third-order valence-electron chi connectivity index (χ3n) is 4.98. The van der Waals surface area contributed by atoms with Crippen LogP contribution in [0.15, 0.2) is 36.4 Å². The molecule has 0 spiro atoms. The quantitative estimate of drug-likeness (QED) is 0.839. The average molecular weight is 359 g/mol. The van der Waals surface area contributed by atoms with Gasteiger partial charge in [0.1, 0.15) is 5.75 Å². The van der Waals surface area contributed by atoms with Crippen molar-refractivity contribution in [2.45, 2.75) is 32.2 Å². The summed E-state index contributed by atoms with van der Waals surface area (Å²) in [5.41, 5.74) is 1.24. The molecule has 3 rings (SSSR count). The van der Waals surface area contributed by atoms with Crippen LogP contribution < -0.4 is 4.74 Å². The van der Waals surface area contributed by atoms with Crippen LogP contribution in [-0.4, -0.2) is 36.2 Å². The van der Waals surface area contributed by atoms with Crippen molar-refractivity contribution in [2.75, 3.05) is 20.2 Å². The first-order valence-electron chi connectivity index (χ1n) is 8.81. The molecular formula is C20H25NO3S. The molecule has 0 radical (unpaired) electrons. The number of methoxy groups -OCH3 is 1. The van der Waals surface area contributed by atoms with E-state index in [0.29, 0.717) is 12.8 Å². The molecule has 5 heteroatoms. The van der Waals surface area contributed by atoms with Crippen LogP contribution in [0, 0.1) is 5.92 Å². The molecule has 1 aliphatic heterocycles. The Kier molecular flexibility index (Phi) is 5.76. The fourth-order valence-electron chi connectivity index (χ4n) is 3.48. The fourth-order valence-corrected chi connectivity index (χ4v) is 4.59. The maximum Gasteiger partial charge on any atom is 0.306 e. The Bertz CT molecular complexity index is 702. The van der Waals surface area contributed by atoms with E-state index >= 15 is 0 Å². The Morgan fingerprint density at radius 3 is 2.44 bits per heavy atom. The van der Waals surface area contributed by atoms with Crippen LogP contribution >= 0.6 is 11.3 Å². The molecule has 25 heavy (non-hydrogen) atoms. The summed E-state index contributed by atoms with van der Waals surface area (Å²) in [6.07, 6.45) is 2.48. The topological polar surface area (TPSA) is 49.8 Å². The highest BCUT2D eigenvalue weighted by molar-refractivity contribution is 7.12. The molecule has 0 bridgehead atoms. The molecular weight excluding hydrogens is 334 g/mol. The van der Waals surface area contributed by atoms with Gasteiger partial charge in [0, 0.05) is 9.75 Å². The highest BCUT2D eigenvalue weighted by Gasteiger charge is 2.30. The van der Waals surface area contributed by atoms with Gasteiger partial charge in [-0.2, -0.15) is 0 Å². The molecule has 1 saturated heterocycles. The lowest BCUT2D eigenvalue weighted by Gasteiger charge is -2.36. The molecule has 1 N–H and O–H groups in total. The van der Waals surface area contributed by atoms with E-state index in [1.165, 1.54) is 15.3 Å². The molecule has 1 aliphatic rings. The minimum absolute atomic E-state index is 0.186.